The topological polar surface area (TPSA) is 66.8 Å². The zero-order valence-corrected chi connectivity index (χ0v) is 12.0. The van der Waals surface area contributed by atoms with Gasteiger partial charge >= 0.3 is 5.97 Å². The number of carbonyl (C=O) groups excluding carboxylic acids is 1. The molecule has 20 heavy (non-hydrogen) atoms. The van der Waals surface area contributed by atoms with E-state index < -0.39 is 5.97 Å². The number of carboxylic acids is 1. The molecular weight excluding hydrogens is 258 g/mol. The number of ether oxygens (including phenoxy) is 1. The molecule has 0 saturated carbocycles. The van der Waals surface area contributed by atoms with Crippen LogP contribution >= 0.6 is 0 Å². The van der Waals surface area contributed by atoms with E-state index in [0.29, 0.717) is 25.2 Å². The average molecular weight is 279 g/mol. The zero-order chi connectivity index (χ0) is 15.0. The zero-order valence-electron chi connectivity index (χ0n) is 12.0. The molecule has 110 valence electrons. The van der Waals surface area contributed by atoms with E-state index in [1.165, 1.54) is 12.1 Å². The van der Waals surface area contributed by atoms with Crippen molar-refractivity contribution >= 4 is 11.8 Å². The van der Waals surface area contributed by atoms with Crippen LogP contribution in [0.3, 0.4) is 0 Å². The van der Waals surface area contributed by atoms with Crippen LogP contribution in [-0.4, -0.2) is 48.5 Å². The van der Waals surface area contributed by atoms with Crippen molar-refractivity contribution in [1.82, 2.24) is 4.90 Å². The van der Waals surface area contributed by atoms with Gasteiger partial charge in [-0.25, -0.2) is 4.79 Å². The largest absolute Gasteiger partial charge is 0.493 e. The summed E-state index contributed by atoms with van der Waals surface area (Å²) in [4.78, 5) is 24.4. The summed E-state index contributed by atoms with van der Waals surface area (Å²) in [6, 6.07) is 6.16. The molecule has 0 unspecified atom stereocenters. The molecule has 0 aliphatic rings. The molecule has 0 fully saturated rings. The lowest BCUT2D eigenvalue weighted by atomic mass is 10.2. The molecule has 0 aromatic heterocycles. The van der Waals surface area contributed by atoms with Crippen LogP contribution in [0.25, 0.3) is 0 Å². The number of rotatable bonds is 9. The highest BCUT2D eigenvalue weighted by molar-refractivity contribution is 5.87. The number of aromatic carboxylic acids is 1. The third-order valence-electron chi connectivity index (χ3n) is 3.06. The summed E-state index contributed by atoms with van der Waals surface area (Å²) in [6.45, 7) is 4.07. The van der Waals surface area contributed by atoms with Crippen LogP contribution in [0.5, 0.6) is 5.75 Å². The van der Waals surface area contributed by atoms with Gasteiger partial charge in [-0.3, -0.25) is 4.79 Å². The Morgan fingerprint density at radius 2 is 1.85 bits per heavy atom. The predicted molar refractivity (Wildman–Crippen MR) is 76.3 cm³/mol. The first-order valence-corrected chi connectivity index (χ1v) is 6.69. The van der Waals surface area contributed by atoms with Crippen LogP contribution in [-0.2, 0) is 4.79 Å². The van der Waals surface area contributed by atoms with Gasteiger partial charge in [0.2, 0.25) is 0 Å². The molecule has 0 atom stereocenters. The van der Waals surface area contributed by atoms with Crippen molar-refractivity contribution < 1.29 is 19.4 Å². The molecule has 0 amide bonds. The Morgan fingerprint density at radius 3 is 2.40 bits per heavy atom. The normalized spacial score (nSPS) is 10.6. The Morgan fingerprint density at radius 1 is 1.20 bits per heavy atom. The Kier molecular flexibility index (Phi) is 6.73. The molecule has 1 aromatic rings. The van der Waals surface area contributed by atoms with Crippen molar-refractivity contribution in [1.29, 1.82) is 0 Å². The summed E-state index contributed by atoms with van der Waals surface area (Å²) in [5.41, 5.74) is 0.219. The highest BCUT2D eigenvalue weighted by atomic mass is 16.5. The van der Waals surface area contributed by atoms with E-state index >= 15 is 0 Å². The Hall–Kier alpha value is -1.88. The molecule has 0 spiro atoms. The molecule has 0 aliphatic heterocycles. The highest BCUT2D eigenvalue weighted by Gasteiger charge is 2.05. The van der Waals surface area contributed by atoms with Gasteiger partial charge in [0.1, 0.15) is 11.5 Å². The SMILES string of the molecule is CCN(C)CCC(=O)CCOc1ccc(C(=O)O)cc1. The van der Waals surface area contributed by atoms with Gasteiger partial charge in [0.15, 0.2) is 0 Å². The minimum Gasteiger partial charge on any atom is -0.493 e. The summed E-state index contributed by atoms with van der Waals surface area (Å²) in [5.74, 6) is -0.215. The van der Waals surface area contributed by atoms with Gasteiger partial charge in [-0.15, -0.1) is 0 Å². The lowest BCUT2D eigenvalue weighted by Crippen LogP contribution is -2.21. The maximum Gasteiger partial charge on any atom is 0.335 e. The first kappa shape index (κ1) is 16.2. The van der Waals surface area contributed by atoms with Crippen molar-refractivity contribution in [3.63, 3.8) is 0 Å². The van der Waals surface area contributed by atoms with Crippen LogP contribution in [0.1, 0.15) is 30.1 Å². The summed E-state index contributed by atoms with van der Waals surface area (Å²) in [7, 11) is 1.98. The number of hydrogen-bond acceptors (Lipinski definition) is 4. The fourth-order valence-electron chi connectivity index (χ4n) is 1.58. The lowest BCUT2D eigenvalue weighted by molar-refractivity contribution is -0.119. The summed E-state index contributed by atoms with van der Waals surface area (Å²) in [5, 5.41) is 8.76. The minimum absolute atomic E-state index is 0.174. The molecule has 5 heteroatoms. The fourth-order valence-corrected chi connectivity index (χ4v) is 1.58. The van der Waals surface area contributed by atoms with Gasteiger partial charge in [-0.05, 0) is 37.9 Å². The number of carboxylic acid groups (broad SMARTS) is 1. The first-order valence-electron chi connectivity index (χ1n) is 6.69. The molecule has 1 aromatic carbocycles. The maximum atomic E-state index is 11.6. The third kappa shape index (κ3) is 5.84. The predicted octanol–water partition coefficient (Wildman–Crippen LogP) is 2.06. The second-order valence-corrected chi connectivity index (χ2v) is 4.61. The summed E-state index contributed by atoms with van der Waals surface area (Å²) >= 11 is 0. The third-order valence-corrected chi connectivity index (χ3v) is 3.06. The van der Waals surface area contributed by atoms with E-state index in [9.17, 15) is 9.59 Å². The molecule has 1 rings (SSSR count). The second kappa shape index (κ2) is 8.32. The number of ketones is 1. The van der Waals surface area contributed by atoms with Gasteiger partial charge in [0.25, 0.3) is 0 Å². The number of Topliss-reactive ketones (excluding diaryl/α,β-unsaturated/α-hetero) is 1. The second-order valence-electron chi connectivity index (χ2n) is 4.61. The van der Waals surface area contributed by atoms with E-state index in [1.807, 2.05) is 14.0 Å². The van der Waals surface area contributed by atoms with E-state index in [4.69, 9.17) is 9.84 Å². The van der Waals surface area contributed by atoms with Crippen molar-refractivity contribution in [2.45, 2.75) is 19.8 Å². The van der Waals surface area contributed by atoms with Gasteiger partial charge in [-0.1, -0.05) is 6.92 Å². The van der Waals surface area contributed by atoms with Gasteiger partial charge in [-0.2, -0.15) is 0 Å². The number of nitrogens with zero attached hydrogens (tertiary/aromatic N) is 1. The molecule has 0 aliphatic carbocycles. The van der Waals surface area contributed by atoms with Crippen molar-refractivity contribution in [2.24, 2.45) is 0 Å². The summed E-state index contributed by atoms with van der Waals surface area (Å²) < 4.78 is 5.42. The monoisotopic (exact) mass is 279 g/mol. The van der Waals surface area contributed by atoms with Crippen LogP contribution in [0.4, 0.5) is 0 Å². The molecule has 0 radical (unpaired) electrons. The quantitative estimate of drug-likeness (QED) is 0.749. The van der Waals surface area contributed by atoms with Crippen LogP contribution in [0, 0.1) is 0 Å². The van der Waals surface area contributed by atoms with Gasteiger partial charge < -0.3 is 14.7 Å². The fraction of sp³-hybridized carbons (Fsp3) is 0.467. The van der Waals surface area contributed by atoms with E-state index in [-0.39, 0.29) is 11.3 Å². The highest BCUT2D eigenvalue weighted by Crippen LogP contribution is 2.12. The van der Waals surface area contributed by atoms with Crippen LogP contribution in [0.15, 0.2) is 24.3 Å². The van der Waals surface area contributed by atoms with Gasteiger partial charge in [0, 0.05) is 19.4 Å². The number of carbonyl (C=O) groups is 2. The maximum absolute atomic E-state index is 11.6. The Bertz CT molecular complexity index is 442. The van der Waals surface area contributed by atoms with Crippen molar-refractivity contribution in [3.05, 3.63) is 29.8 Å². The van der Waals surface area contributed by atoms with E-state index in [2.05, 4.69) is 4.90 Å². The molecule has 0 heterocycles. The Balaban J connectivity index is 2.26. The molecule has 1 N–H and O–H groups in total. The Labute approximate surface area is 119 Å². The van der Waals surface area contributed by atoms with Crippen molar-refractivity contribution in [3.8, 4) is 5.75 Å². The van der Waals surface area contributed by atoms with Crippen molar-refractivity contribution in [2.75, 3.05) is 26.7 Å². The molecule has 0 bridgehead atoms. The standard InChI is InChI=1S/C15H21NO4/c1-3-16(2)10-8-13(17)9-11-20-14-6-4-12(5-7-14)15(18)19/h4-7H,3,8-11H2,1-2H3,(H,18,19). The number of benzene rings is 1. The molecular formula is C15H21NO4. The van der Waals surface area contributed by atoms with Crippen LogP contribution in [0.2, 0.25) is 0 Å². The minimum atomic E-state index is -0.966. The lowest BCUT2D eigenvalue weighted by Gasteiger charge is -2.12. The van der Waals surface area contributed by atoms with Crippen LogP contribution < -0.4 is 4.74 Å². The smallest absolute Gasteiger partial charge is 0.335 e. The summed E-state index contributed by atoms with van der Waals surface area (Å²) in [6.07, 6.45) is 0.907. The van der Waals surface area contributed by atoms with E-state index in [0.717, 1.165) is 13.1 Å². The number of hydrogen-bond donors (Lipinski definition) is 1. The molecule has 0 saturated heterocycles. The first-order chi connectivity index (χ1) is 9.52. The van der Waals surface area contributed by atoms with E-state index in [1.54, 1.807) is 12.1 Å². The van der Waals surface area contributed by atoms with Gasteiger partial charge in [0.05, 0.1) is 12.2 Å². The average Bonchev–Trinajstić information content (AvgIpc) is 2.45. The molecule has 5 nitrogen and oxygen atoms in total.